The summed E-state index contributed by atoms with van der Waals surface area (Å²) in [6.45, 7) is 1.18. The van der Waals surface area contributed by atoms with Gasteiger partial charge in [0.2, 0.25) is 5.91 Å². The molecule has 2 saturated heterocycles. The van der Waals surface area contributed by atoms with Crippen LogP contribution in [0.2, 0.25) is 0 Å². The van der Waals surface area contributed by atoms with E-state index in [0.717, 1.165) is 19.3 Å². The number of rotatable bonds is 11. The molecule has 2 fully saturated rings. The topological polar surface area (TPSA) is 144 Å². The Balaban J connectivity index is 1.69. The first-order valence-electron chi connectivity index (χ1n) is 13.2. The second kappa shape index (κ2) is 13.9. The van der Waals surface area contributed by atoms with Crippen LogP contribution in [-0.2, 0) is 19.1 Å². The van der Waals surface area contributed by atoms with E-state index >= 15 is 0 Å². The number of methoxy groups -OCH3 is 1. The molecule has 1 aromatic carbocycles. The average Bonchev–Trinajstić information content (AvgIpc) is 3.67. The number of halogens is 1. The molecule has 4 rings (SSSR count). The molecule has 12 heteroatoms. The van der Waals surface area contributed by atoms with Crippen molar-refractivity contribution >= 4 is 40.7 Å². The molecule has 5 atom stereocenters. The van der Waals surface area contributed by atoms with Crippen molar-refractivity contribution in [2.45, 2.75) is 62.6 Å². The standard InChI is InChI=1S/C27H35IN2O9/c1-36-23-11-16(15-32)10-19(28)25(23)39-22-13-17(26(34)29-6-7-31)12-20(24(22)33)30(14-18-4-2-8-37-18)27(35)21-5-3-9-38-21/h10-11,13,15,18,20-22,24,31,33H,2-9,12,14H2,1H3,(H,29,34)/t18-,20-,21?,22+,24+/m1/s1. The van der Waals surface area contributed by atoms with Gasteiger partial charge in [0.1, 0.15) is 24.6 Å². The lowest BCUT2D eigenvalue weighted by Crippen LogP contribution is -2.58. The SMILES string of the molecule is COc1cc(C=O)cc(I)c1O[C@H]1C=C(C(=O)NCCO)C[C@@H](N(C[C@H]2CCCO2)C(=O)C2CCCO2)[C@@H]1O. The number of nitrogens with zero attached hydrogens (tertiary/aromatic N) is 1. The number of hydrogen-bond acceptors (Lipinski definition) is 9. The molecular formula is C27H35IN2O9. The highest BCUT2D eigenvalue weighted by molar-refractivity contribution is 14.1. The molecule has 214 valence electrons. The maximum atomic E-state index is 13.7. The van der Waals surface area contributed by atoms with Crippen molar-refractivity contribution in [1.82, 2.24) is 10.2 Å². The van der Waals surface area contributed by atoms with Crippen LogP contribution in [0, 0.1) is 3.57 Å². The minimum Gasteiger partial charge on any atom is -0.493 e. The second-order valence-electron chi connectivity index (χ2n) is 9.80. The van der Waals surface area contributed by atoms with E-state index in [0.29, 0.717) is 52.1 Å². The summed E-state index contributed by atoms with van der Waals surface area (Å²) in [5, 5.41) is 23.5. The highest BCUT2D eigenvalue weighted by Gasteiger charge is 2.44. The van der Waals surface area contributed by atoms with Gasteiger partial charge >= 0.3 is 0 Å². The van der Waals surface area contributed by atoms with Crippen molar-refractivity contribution in [2.75, 3.05) is 40.0 Å². The Hall–Kier alpha value is -2.26. The van der Waals surface area contributed by atoms with Crippen molar-refractivity contribution in [1.29, 1.82) is 0 Å². The predicted molar refractivity (Wildman–Crippen MR) is 148 cm³/mol. The van der Waals surface area contributed by atoms with E-state index in [9.17, 15) is 24.6 Å². The molecule has 1 unspecified atom stereocenters. The van der Waals surface area contributed by atoms with Gasteiger partial charge in [-0.25, -0.2) is 0 Å². The number of carbonyl (C=O) groups is 3. The number of benzene rings is 1. The Labute approximate surface area is 240 Å². The Morgan fingerprint density at radius 3 is 2.64 bits per heavy atom. The summed E-state index contributed by atoms with van der Waals surface area (Å²) in [6.07, 6.45) is 2.33. The minimum atomic E-state index is -1.20. The van der Waals surface area contributed by atoms with Crippen molar-refractivity contribution in [3.8, 4) is 11.5 Å². The summed E-state index contributed by atoms with van der Waals surface area (Å²) in [5.41, 5.74) is 0.717. The molecule has 0 bridgehead atoms. The molecule has 3 aliphatic rings. The Kier molecular flexibility index (Phi) is 10.6. The summed E-state index contributed by atoms with van der Waals surface area (Å²) in [4.78, 5) is 39.7. The molecule has 1 aliphatic carbocycles. The van der Waals surface area contributed by atoms with E-state index in [1.807, 2.05) is 22.6 Å². The lowest BCUT2D eigenvalue weighted by Gasteiger charge is -2.42. The first-order valence-corrected chi connectivity index (χ1v) is 14.2. The lowest BCUT2D eigenvalue weighted by molar-refractivity contribution is -0.150. The molecule has 11 nitrogen and oxygen atoms in total. The predicted octanol–water partition coefficient (Wildman–Crippen LogP) is 1.21. The molecule has 2 amide bonds. The van der Waals surface area contributed by atoms with Gasteiger partial charge in [-0.15, -0.1) is 0 Å². The highest BCUT2D eigenvalue weighted by Crippen LogP contribution is 2.37. The van der Waals surface area contributed by atoms with E-state index in [1.165, 1.54) is 19.3 Å². The van der Waals surface area contributed by atoms with Crippen LogP contribution < -0.4 is 14.8 Å². The number of ether oxygens (including phenoxy) is 4. The monoisotopic (exact) mass is 658 g/mol. The molecule has 2 heterocycles. The molecule has 0 saturated carbocycles. The largest absolute Gasteiger partial charge is 0.493 e. The van der Waals surface area contributed by atoms with Crippen molar-refractivity contribution in [2.24, 2.45) is 0 Å². The molecule has 39 heavy (non-hydrogen) atoms. The fourth-order valence-corrected chi connectivity index (χ4v) is 5.94. The fourth-order valence-electron chi connectivity index (χ4n) is 5.19. The van der Waals surface area contributed by atoms with Gasteiger partial charge in [0.05, 0.1) is 29.4 Å². The molecular weight excluding hydrogens is 623 g/mol. The quantitative estimate of drug-likeness (QED) is 0.236. The fraction of sp³-hybridized carbons (Fsp3) is 0.593. The molecule has 2 aliphatic heterocycles. The third-order valence-corrected chi connectivity index (χ3v) is 7.97. The number of hydrogen-bond donors (Lipinski definition) is 3. The number of amides is 2. The number of carbonyl (C=O) groups excluding carboxylic acids is 3. The van der Waals surface area contributed by atoms with Crippen LogP contribution in [0.4, 0.5) is 0 Å². The van der Waals surface area contributed by atoms with Crippen LogP contribution in [0.3, 0.4) is 0 Å². The summed E-state index contributed by atoms with van der Waals surface area (Å²) in [7, 11) is 1.44. The maximum Gasteiger partial charge on any atom is 0.252 e. The normalized spacial score (nSPS) is 26.6. The van der Waals surface area contributed by atoms with Gasteiger partial charge < -0.3 is 39.4 Å². The number of aldehydes is 1. The van der Waals surface area contributed by atoms with E-state index in [-0.39, 0.29) is 38.1 Å². The average molecular weight is 658 g/mol. The number of nitrogens with one attached hydrogen (secondary N) is 1. The molecule has 3 N–H and O–H groups in total. The second-order valence-corrected chi connectivity index (χ2v) is 11.0. The van der Waals surface area contributed by atoms with Crippen LogP contribution in [0.15, 0.2) is 23.8 Å². The van der Waals surface area contributed by atoms with Crippen molar-refractivity contribution in [3.05, 3.63) is 32.9 Å². The maximum absolute atomic E-state index is 13.7. The van der Waals surface area contributed by atoms with Crippen LogP contribution in [0.1, 0.15) is 42.5 Å². The summed E-state index contributed by atoms with van der Waals surface area (Å²) >= 11 is 2.02. The zero-order valence-electron chi connectivity index (χ0n) is 21.8. The molecule has 0 radical (unpaired) electrons. The third-order valence-electron chi connectivity index (χ3n) is 7.17. The summed E-state index contributed by atoms with van der Waals surface area (Å²) in [5.74, 6) is -0.0694. The zero-order valence-corrected chi connectivity index (χ0v) is 24.0. The Bertz CT molecular complexity index is 1070. The van der Waals surface area contributed by atoms with E-state index in [1.54, 1.807) is 11.0 Å². The van der Waals surface area contributed by atoms with E-state index in [2.05, 4.69) is 5.32 Å². The third kappa shape index (κ3) is 7.09. The number of aliphatic hydroxyl groups is 2. The molecule has 1 aromatic rings. The lowest BCUT2D eigenvalue weighted by atomic mass is 9.87. The minimum absolute atomic E-state index is 0.0578. The first-order chi connectivity index (χ1) is 18.9. The Morgan fingerprint density at radius 1 is 1.23 bits per heavy atom. The molecule has 0 spiro atoms. The van der Waals surface area contributed by atoms with Gasteiger partial charge in [0, 0.05) is 43.9 Å². The van der Waals surface area contributed by atoms with Crippen LogP contribution in [0.5, 0.6) is 11.5 Å². The van der Waals surface area contributed by atoms with Crippen LogP contribution in [-0.4, -0.2) is 104 Å². The van der Waals surface area contributed by atoms with Crippen molar-refractivity contribution in [3.63, 3.8) is 0 Å². The summed E-state index contributed by atoms with van der Waals surface area (Å²) < 4.78 is 23.8. The number of aliphatic hydroxyl groups excluding tert-OH is 2. The molecule has 0 aromatic heterocycles. The van der Waals surface area contributed by atoms with Crippen LogP contribution >= 0.6 is 22.6 Å². The van der Waals surface area contributed by atoms with Gasteiger partial charge in [-0.1, -0.05) is 0 Å². The van der Waals surface area contributed by atoms with E-state index in [4.69, 9.17) is 18.9 Å². The van der Waals surface area contributed by atoms with Gasteiger partial charge in [0.15, 0.2) is 11.5 Å². The van der Waals surface area contributed by atoms with Crippen molar-refractivity contribution < 1.29 is 43.5 Å². The first kappa shape index (κ1) is 29.7. The van der Waals surface area contributed by atoms with Gasteiger partial charge in [-0.2, -0.15) is 0 Å². The van der Waals surface area contributed by atoms with Gasteiger partial charge in [0.25, 0.3) is 5.91 Å². The smallest absolute Gasteiger partial charge is 0.252 e. The zero-order chi connectivity index (χ0) is 27.9. The van der Waals surface area contributed by atoms with Crippen LogP contribution in [0.25, 0.3) is 0 Å². The highest BCUT2D eigenvalue weighted by atomic mass is 127. The van der Waals surface area contributed by atoms with Gasteiger partial charge in [-0.3, -0.25) is 14.4 Å². The van der Waals surface area contributed by atoms with Gasteiger partial charge in [-0.05, 0) is 66.5 Å². The van der Waals surface area contributed by atoms with E-state index < -0.39 is 30.3 Å². The summed E-state index contributed by atoms with van der Waals surface area (Å²) in [6, 6.07) is 2.36. The Morgan fingerprint density at radius 2 is 2.00 bits per heavy atom.